The van der Waals surface area contributed by atoms with E-state index < -0.39 is 23.9 Å². The number of halogens is 3. The fourth-order valence-corrected chi connectivity index (χ4v) is 2.76. The molecule has 28 heavy (non-hydrogen) atoms. The molecule has 9 nitrogen and oxygen atoms in total. The summed E-state index contributed by atoms with van der Waals surface area (Å²) in [4.78, 5) is 35.1. The molecular formula is C16H22F3N5O4. The minimum Gasteiger partial charge on any atom is -0.465 e. The molecule has 1 aromatic heterocycles. The number of anilines is 1. The van der Waals surface area contributed by atoms with Crippen LogP contribution in [0.5, 0.6) is 0 Å². The Morgan fingerprint density at radius 2 is 1.79 bits per heavy atom. The number of piperazine rings is 1. The third-order valence-electron chi connectivity index (χ3n) is 4.23. The number of aliphatic hydroxyl groups is 1. The molecule has 156 valence electrons. The molecule has 1 saturated heterocycles. The van der Waals surface area contributed by atoms with Crippen molar-refractivity contribution in [3.05, 3.63) is 18.0 Å². The first kappa shape index (κ1) is 21.7. The van der Waals surface area contributed by atoms with E-state index in [-0.39, 0.29) is 31.4 Å². The van der Waals surface area contributed by atoms with Crippen molar-refractivity contribution >= 4 is 17.9 Å². The van der Waals surface area contributed by atoms with Gasteiger partial charge in [0.15, 0.2) is 0 Å². The molecule has 0 radical (unpaired) electrons. The normalized spacial score (nSPS) is 16.0. The largest absolute Gasteiger partial charge is 0.465 e. The van der Waals surface area contributed by atoms with Crippen LogP contribution in [0, 0.1) is 0 Å². The lowest BCUT2D eigenvalue weighted by Gasteiger charge is -2.35. The van der Waals surface area contributed by atoms with E-state index in [1.165, 1.54) is 6.92 Å². The van der Waals surface area contributed by atoms with Gasteiger partial charge in [-0.25, -0.2) is 14.8 Å². The van der Waals surface area contributed by atoms with Crippen molar-refractivity contribution in [2.24, 2.45) is 0 Å². The van der Waals surface area contributed by atoms with E-state index in [9.17, 15) is 27.9 Å². The Kier molecular flexibility index (Phi) is 7.00. The molecule has 0 aliphatic carbocycles. The molecule has 0 aromatic carbocycles. The van der Waals surface area contributed by atoms with Gasteiger partial charge in [-0.2, -0.15) is 13.2 Å². The van der Waals surface area contributed by atoms with Crippen molar-refractivity contribution in [3.63, 3.8) is 0 Å². The van der Waals surface area contributed by atoms with Crippen LogP contribution < -0.4 is 4.90 Å². The van der Waals surface area contributed by atoms with Gasteiger partial charge in [0.2, 0.25) is 11.9 Å². The second-order valence-corrected chi connectivity index (χ2v) is 6.46. The first-order valence-electron chi connectivity index (χ1n) is 8.66. The summed E-state index contributed by atoms with van der Waals surface area (Å²) < 4.78 is 37.7. The molecule has 12 heteroatoms. The van der Waals surface area contributed by atoms with E-state index in [2.05, 4.69) is 9.97 Å². The fraction of sp³-hybridized carbons (Fsp3) is 0.625. The van der Waals surface area contributed by atoms with Crippen molar-refractivity contribution in [3.8, 4) is 0 Å². The summed E-state index contributed by atoms with van der Waals surface area (Å²) in [5.41, 5.74) is -0.926. The first-order valence-corrected chi connectivity index (χ1v) is 8.66. The Morgan fingerprint density at radius 3 is 2.25 bits per heavy atom. The molecule has 2 heterocycles. The van der Waals surface area contributed by atoms with E-state index in [0.29, 0.717) is 26.2 Å². The molecule has 2 N–H and O–H groups in total. The molecule has 0 bridgehead atoms. The SMILES string of the molecule is CC(O)CN(CCC(=O)N1CCN(c2ncc(C(F)(F)F)cn2)CC1)C(=O)O. The van der Waals surface area contributed by atoms with Crippen molar-refractivity contribution in [2.75, 3.05) is 44.2 Å². The summed E-state index contributed by atoms with van der Waals surface area (Å²) in [7, 11) is 0. The lowest BCUT2D eigenvalue weighted by Crippen LogP contribution is -2.50. The molecule has 1 aromatic rings. The number of carbonyl (C=O) groups excluding carboxylic acids is 1. The second kappa shape index (κ2) is 9.04. The van der Waals surface area contributed by atoms with Gasteiger partial charge in [0, 0.05) is 58.1 Å². The molecular weight excluding hydrogens is 383 g/mol. The Balaban J connectivity index is 1.84. The first-order chi connectivity index (χ1) is 13.1. The number of aliphatic hydroxyl groups excluding tert-OH is 1. The maximum Gasteiger partial charge on any atom is 0.419 e. The van der Waals surface area contributed by atoms with Gasteiger partial charge < -0.3 is 24.9 Å². The molecule has 2 rings (SSSR count). The summed E-state index contributed by atoms with van der Waals surface area (Å²) >= 11 is 0. The zero-order valence-corrected chi connectivity index (χ0v) is 15.3. The Labute approximate surface area is 159 Å². The molecule has 0 spiro atoms. The Hall–Kier alpha value is -2.63. The number of hydrogen-bond acceptors (Lipinski definition) is 6. The molecule has 0 saturated carbocycles. The monoisotopic (exact) mass is 405 g/mol. The lowest BCUT2D eigenvalue weighted by molar-refractivity contribution is -0.138. The smallest absolute Gasteiger partial charge is 0.419 e. The van der Waals surface area contributed by atoms with E-state index in [0.717, 1.165) is 17.3 Å². The Bertz CT molecular complexity index is 676. The van der Waals surface area contributed by atoms with Gasteiger partial charge in [0.25, 0.3) is 0 Å². The van der Waals surface area contributed by atoms with E-state index >= 15 is 0 Å². The van der Waals surface area contributed by atoms with Gasteiger partial charge in [-0.05, 0) is 6.92 Å². The number of carboxylic acid groups (broad SMARTS) is 1. The van der Waals surface area contributed by atoms with Gasteiger partial charge in [-0.3, -0.25) is 4.79 Å². The van der Waals surface area contributed by atoms with Crippen LogP contribution in [0.2, 0.25) is 0 Å². The molecule has 1 aliphatic rings. The highest BCUT2D eigenvalue weighted by Crippen LogP contribution is 2.28. The van der Waals surface area contributed by atoms with Gasteiger partial charge >= 0.3 is 12.3 Å². The van der Waals surface area contributed by atoms with Crippen LogP contribution in [0.3, 0.4) is 0 Å². The second-order valence-electron chi connectivity index (χ2n) is 6.46. The van der Waals surface area contributed by atoms with E-state index in [1.54, 1.807) is 9.80 Å². The van der Waals surface area contributed by atoms with Crippen LogP contribution in [0.25, 0.3) is 0 Å². The number of alkyl halides is 3. The number of nitrogens with zero attached hydrogens (tertiary/aromatic N) is 5. The summed E-state index contributed by atoms with van der Waals surface area (Å²) in [5, 5.41) is 18.4. The van der Waals surface area contributed by atoms with Crippen molar-refractivity contribution in [1.82, 2.24) is 19.8 Å². The molecule has 1 atom stereocenters. The van der Waals surface area contributed by atoms with Crippen LogP contribution in [0.15, 0.2) is 12.4 Å². The third kappa shape index (κ3) is 5.94. The number of aromatic nitrogens is 2. The number of carbonyl (C=O) groups is 2. The zero-order valence-electron chi connectivity index (χ0n) is 15.3. The van der Waals surface area contributed by atoms with Crippen molar-refractivity contribution in [1.29, 1.82) is 0 Å². The maximum atomic E-state index is 12.6. The summed E-state index contributed by atoms with van der Waals surface area (Å²) in [5.74, 6) is -0.0704. The van der Waals surface area contributed by atoms with E-state index in [4.69, 9.17) is 5.11 Å². The average molecular weight is 405 g/mol. The number of hydrogen-bond donors (Lipinski definition) is 2. The highest BCUT2D eigenvalue weighted by atomic mass is 19.4. The lowest BCUT2D eigenvalue weighted by atomic mass is 10.2. The standard InChI is InChI=1S/C16H22F3N5O4/c1-11(25)10-24(15(27)28)3-2-13(26)22-4-6-23(7-5-22)14-20-8-12(9-21-14)16(17,18)19/h8-9,11,25H,2-7,10H2,1H3,(H,27,28). The summed E-state index contributed by atoms with van der Waals surface area (Å²) in [6, 6.07) is 0. The highest BCUT2D eigenvalue weighted by molar-refractivity contribution is 5.77. The van der Waals surface area contributed by atoms with Gasteiger partial charge in [-0.15, -0.1) is 0 Å². The molecule has 2 amide bonds. The van der Waals surface area contributed by atoms with E-state index in [1.807, 2.05) is 0 Å². The predicted octanol–water partition coefficient (Wildman–Crippen LogP) is 0.895. The quantitative estimate of drug-likeness (QED) is 0.723. The maximum absolute atomic E-state index is 12.6. The van der Waals surface area contributed by atoms with Gasteiger partial charge in [0.05, 0.1) is 11.7 Å². The van der Waals surface area contributed by atoms with Crippen LogP contribution >= 0.6 is 0 Å². The molecule has 1 aliphatic heterocycles. The van der Waals surface area contributed by atoms with Crippen LogP contribution in [-0.2, 0) is 11.0 Å². The van der Waals surface area contributed by atoms with Crippen molar-refractivity contribution in [2.45, 2.75) is 25.6 Å². The zero-order chi connectivity index (χ0) is 20.9. The fourth-order valence-electron chi connectivity index (χ4n) is 2.76. The van der Waals surface area contributed by atoms with Crippen LogP contribution in [-0.4, -0.2) is 87.4 Å². The van der Waals surface area contributed by atoms with Gasteiger partial charge in [-0.1, -0.05) is 0 Å². The highest BCUT2D eigenvalue weighted by Gasteiger charge is 2.32. The molecule has 1 fully saturated rings. The Morgan fingerprint density at radius 1 is 1.21 bits per heavy atom. The molecule has 1 unspecified atom stereocenters. The summed E-state index contributed by atoms with van der Waals surface area (Å²) in [6.07, 6.45) is -5.11. The number of rotatable bonds is 6. The third-order valence-corrected chi connectivity index (χ3v) is 4.23. The topological polar surface area (TPSA) is 110 Å². The predicted molar refractivity (Wildman–Crippen MR) is 91.7 cm³/mol. The summed E-state index contributed by atoms with van der Waals surface area (Å²) in [6.45, 7) is 2.71. The number of amides is 2. The van der Waals surface area contributed by atoms with Crippen LogP contribution in [0.4, 0.5) is 23.9 Å². The minimum absolute atomic E-state index is 0.0181. The minimum atomic E-state index is -4.50. The van der Waals surface area contributed by atoms with Crippen LogP contribution in [0.1, 0.15) is 18.9 Å². The average Bonchev–Trinajstić information content (AvgIpc) is 2.64. The van der Waals surface area contributed by atoms with Crippen molar-refractivity contribution < 1.29 is 33.0 Å². The van der Waals surface area contributed by atoms with Gasteiger partial charge in [0.1, 0.15) is 0 Å².